The molecule has 4 rings (SSSR count). The maximum atomic E-state index is 12.6. The Hall–Kier alpha value is -3.50. The zero-order valence-corrected chi connectivity index (χ0v) is 20.4. The molecule has 0 aliphatic heterocycles. The van der Waals surface area contributed by atoms with Crippen molar-refractivity contribution < 1.29 is 13.9 Å². The number of methoxy groups -OCH3 is 1. The molecule has 1 heterocycles. The largest absolute Gasteiger partial charge is 0.496 e. The summed E-state index contributed by atoms with van der Waals surface area (Å²) in [5.41, 5.74) is 6.60. The van der Waals surface area contributed by atoms with Crippen molar-refractivity contribution in [1.82, 2.24) is 5.32 Å². The predicted molar refractivity (Wildman–Crippen MR) is 139 cm³/mol. The van der Waals surface area contributed by atoms with Crippen molar-refractivity contribution in [3.8, 4) is 16.9 Å². The Morgan fingerprint density at radius 1 is 1.12 bits per heavy atom. The zero-order chi connectivity index (χ0) is 24.1. The topological polar surface area (TPSA) is 51.5 Å². The molecule has 3 aromatic carbocycles. The van der Waals surface area contributed by atoms with Crippen LogP contribution < -0.4 is 10.1 Å². The Kier molecular flexibility index (Phi) is 7.39. The van der Waals surface area contributed by atoms with Gasteiger partial charge >= 0.3 is 0 Å². The number of aryl methyl sites for hydroxylation is 2. The van der Waals surface area contributed by atoms with Gasteiger partial charge in [-0.25, -0.2) is 0 Å². The molecule has 174 valence electrons. The molecule has 0 unspecified atom stereocenters. The molecular formula is C29H28ClNO3. The van der Waals surface area contributed by atoms with E-state index in [0.29, 0.717) is 17.3 Å². The Morgan fingerprint density at radius 3 is 2.56 bits per heavy atom. The van der Waals surface area contributed by atoms with Crippen LogP contribution in [0.4, 0.5) is 0 Å². The van der Waals surface area contributed by atoms with Crippen molar-refractivity contribution in [2.75, 3.05) is 13.7 Å². The first-order valence-electron chi connectivity index (χ1n) is 11.3. The van der Waals surface area contributed by atoms with E-state index in [2.05, 4.69) is 17.4 Å². The second kappa shape index (κ2) is 10.6. The first-order chi connectivity index (χ1) is 16.5. The summed E-state index contributed by atoms with van der Waals surface area (Å²) in [7, 11) is 1.64. The third kappa shape index (κ3) is 5.18. The normalized spacial score (nSPS) is 11.6. The van der Waals surface area contributed by atoms with E-state index >= 15 is 0 Å². The van der Waals surface area contributed by atoms with Crippen LogP contribution in [0.5, 0.6) is 5.75 Å². The van der Waals surface area contributed by atoms with Gasteiger partial charge in [0.15, 0.2) is 0 Å². The van der Waals surface area contributed by atoms with Gasteiger partial charge in [-0.05, 0) is 61.6 Å². The second-order valence-corrected chi connectivity index (χ2v) is 8.76. The van der Waals surface area contributed by atoms with Gasteiger partial charge in [0.05, 0.1) is 13.4 Å². The Morgan fingerprint density at radius 2 is 1.85 bits per heavy atom. The number of hydrogen-bond donors (Lipinski definition) is 1. The molecule has 1 aromatic heterocycles. The van der Waals surface area contributed by atoms with E-state index in [9.17, 15) is 4.79 Å². The molecule has 34 heavy (non-hydrogen) atoms. The molecule has 0 fully saturated rings. The molecule has 0 aliphatic carbocycles. The summed E-state index contributed by atoms with van der Waals surface area (Å²) in [6, 6.07) is 20.0. The molecule has 1 amide bonds. The van der Waals surface area contributed by atoms with Crippen LogP contribution in [0, 0.1) is 6.92 Å². The number of benzene rings is 3. The second-order valence-electron chi connectivity index (χ2n) is 8.32. The smallest absolute Gasteiger partial charge is 0.244 e. The summed E-state index contributed by atoms with van der Waals surface area (Å²) in [5.74, 6) is 0.589. The summed E-state index contributed by atoms with van der Waals surface area (Å²) in [4.78, 5) is 12.6. The molecule has 0 radical (unpaired) electrons. The first-order valence-corrected chi connectivity index (χ1v) is 11.7. The Bertz CT molecular complexity index is 1320. The van der Waals surface area contributed by atoms with Crippen molar-refractivity contribution in [3.63, 3.8) is 0 Å². The van der Waals surface area contributed by atoms with E-state index < -0.39 is 0 Å². The number of carbonyl (C=O) groups excluding carboxylic acids is 1. The van der Waals surface area contributed by atoms with Crippen molar-refractivity contribution in [2.45, 2.75) is 26.7 Å². The quantitative estimate of drug-likeness (QED) is 0.217. The molecule has 0 aliphatic rings. The Balaban J connectivity index is 1.56. The lowest BCUT2D eigenvalue weighted by molar-refractivity contribution is -0.116. The highest BCUT2D eigenvalue weighted by atomic mass is 35.5. The highest BCUT2D eigenvalue weighted by molar-refractivity contribution is 6.30. The lowest BCUT2D eigenvalue weighted by Gasteiger charge is -2.13. The fourth-order valence-corrected chi connectivity index (χ4v) is 4.32. The van der Waals surface area contributed by atoms with Gasteiger partial charge < -0.3 is 14.5 Å². The standard InChI is InChI=1S/C29H28ClNO3/c1-19(16-27(32)31-15-7-10-21-8-5-4-6-9-21)24-17-25-26(22-11-13-23(30)14-12-22)18-34-29(25)20(2)28(24)33-3/h4-6,8-9,11-14,16-18H,7,10,15H2,1-3H3,(H,31,32)/b19-16+. The fraction of sp³-hybridized carbons (Fsp3) is 0.207. The van der Waals surface area contributed by atoms with Crippen LogP contribution in [-0.4, -0.2) is 19.6 Å². The highest BCUT2D eigenvalue weighted by Gasteiger charge is 2.18. The molecule has 5 heteroatoms. The van der Waals surface area contributed by atoms with E-state index in [4.69, 9.17) is 20.8 Å². The number of fused-ring (bicyclic) bond motifs is 1. The summed E-state index contributed by atoms with van der Waals surface area (Å²) < 4.78 is 11.6. The number of allylic oxidation sites excluding steroid dienone is 1. The monoisotopic (exact) mass is 473 g/mol. The van der Waals surface area contributed by atoms with Gasteiger partial charge in [0.2, 0.25) is 5.91 Å². The minimum atomic E-state index is -0.115. The summed E-state index contributed by atoms with van der Waals surface area (Å²) >= 11 is 6.06. The third-order valence-corrected chi connectivity index (χ3v) is 6.21. The number of amides is 1. The average Bonchev–Trinajstić information content (AvgIpc) is 3.27. The first kappa shape index (κ1) is 23.7. The molecule has 0 saturated carbocycles. The minimum Gasteiger partial charge on any atom is -0.496 e. The number of halogens is 1. The number of carbonyl (C=O) groups is 1. The maximum Gasteiger partial charge on any atom is 0.244 e. The van der Waals surface area contributed by atoms with Crippen LogP contribution >= 0.6 is 11.6 Å². The average molecular weight is 474 g/mol. The molecule has 0 saturated heterocycles. The summed E-state index contributed by atoms with van der Waals surface area (Å²) in [5, 5.41) is 4.64. The van der Waals surface area contributed by atoms with Crippen molar-refractivity contribution in [2.24, 2.45) is 0 Å². The van der Waals surface area contributed by atoms with Crippen molar-refractivity contribution >= 4 is 34.1 Å². The van der Waals surface area contributed by atoms with Crippen LogP contribution in [0.3, 0.4) is 0 Å². The number of ether oxygens (including phenoxy) is 1. The zero-order valence-electron chi connectivity index (χ0n) is 19.7. The van der Waals surface area contributed by atoms with Crippen molar-refractivity contribution in [1.29, 1.82) is 0 Å². The number of rotatable bonds is 8. The van der Waals surface area contributed by atoms with Crippen LogP contribution in [-0.2, 0) is 11.2 Å². The van der Waals surface area contributed by atoms with E-state index in [1.54, 1.807) is 19.4 Å². The van der Waals surface area contributed by atoms with Gasteiger partial charge in [0, 0.05) is 39.7 Å². The summed E-state index contributed by atoms with van der Waals surface area (Å²) in [6.45, 7) is 4.51. The number of hydrogen-bond acceptors (Lipinski definition) is 3. The molecule has 4 aromatic rings. The van der Waals surface area contributed by atoms with Crippen LogP contribution in [0.2, 0.25) is 5.02 Å². The number of nitrogens with one attached hydrogen (secondary N) is 1. The summed E-state index contributed by atoms with van der Waals surface area (Å²) in [6.07, 6.45) is 5.20. The maximum absolute atomic E-state index is 12.6. The van der Waals surface area contributed by atoms with Gasteiger partial charge in [-0.2, -0.15) is 0 Å². The van der Waals surface area contributed by atoms with Gasteiger partial charge in [0.1, 0.15) is 11.3 Å². The van der Waals surface area contributed by atoms with E-state index in [1.807, 2.05) is 62.4 Å². The SMILES string of the molecule is COc1c(/C(C)=C/C(=O)NCCCc2ccccc2)cc2c(-c3ccc(Cl)cc3)coc2c1C. The third-order valence-electron chi connectivity index (χ3n) is 5.96. The predicted octanol–water partition coefficient (Wildman–Crippen LogP) is 7.22. The van der Waals surface area contributed by atoms with E-state index in [1.165, 1.54) is 5.56 Å². The fourth-order valence-electron chi connectivity index (χ4n) is 4.20. The van der Waals surface area contributed by atoms with E-state index in [0.717, 1.165) is 51.6 Å². The van der Waals surface area contributed by atoms with Gasteiger partial charge in [-0.3, -0.25) is 4.79 Å². The minimum absolute atomic E-state index is 0.115. The van der Waals surface area contributed by atoms with Gasteiger partial charge in [-0.1, -0.05) is 54.1 Å². The van der Waals surface area contributed by atoms with Gasteiger partial charge in [0.25, 0.3) is 0 Å². The molecule has 0 atom stereocenters. The highest BCUT2D eigenvalue weighted by Crippen LogP contribution is 2.40. The molecule has 0 bridgehead atoms. The lowest BCUT2D eigenvalue weighted by Crippen LogP contribution is -2.22. The molecule has 0 spiro atoms. The lowest BCUT2D eigenvalue weighted by atomic mass is 9.96. The number of furan rings is 1. The van der Waals surface area contributed by atoms with Gasteiger partial charge in [-0.15, -0.1) is 0 Å². The van der Waals surface area contributed by atoms with Crippen LogP contribution in [0.1, 0.15) is 30.0 Å². The van der Waals surface area contributed by atoms with E-state index in [-0.39, 0.29) is 5.91 Å². The van der Waals surface area contributed by atoms with Crippen LogP contribution in [0.15, 0.2) is 77.4 Å². The van der Waals surface area contributed by atoms with Crippen molar-refractivity contribution in [3.05, 3.63) is 94.7 Å². The molecule has 1 N–H and O–H groups in total. The van der Waals surface area contributed by atoms with Crippen LogP contribution in [0.25, 0.3) is 27.7 Å². The molecule has 4 nitrogen and oxygen atoms in total. The molecular weight excluding hydrogens is 446 g/mol. The Labute approximate surface area is 205 Å².